The Morgan fingerprint density at radius 2 is 1.95 bits per heavy atom. The van der Waals surface area contributed by atoms with Gasteiger partial charge in [0.1, 0.15) is 5.82 Å². The molecule has 3 heteroatoms. The van der Waals surface area contributed by atoms with Crippen LogP contribution in [0.25, 0.3) is 0 Å². The summed E-state index contributed by atoms with van der Waals surface area (Å²) in [4.78, 5) is 0. The van der Waals surface area contributed by atoms with Crippen LogP contribution in [0.2, 0.25) is 0 Å². The summed E-state index contributed by atoms with van der Waals surface area (Å²) in [6, 6.07) is 8.94. The molecule has 0 aliphatic carbocycles. The van der Waals surface area contributed by atoms with E-state index >= 15 is 0 Å². The predicted molar refractivity (Wildman–Crippen MR) is 76.5 cm³/mol. The highest BCUT2D eigenvalue weighted by Crippen LogP contribution is 2.14. The highest BCUT2D eigenvalue weighted by molar-refractivity contribution is 5.26. The largest absolute Gasteiger partial charge is 0.349 e. The minimum absolute atomic E-state index is 0.177. The van der Waals surface area contributed by atoms with Gasteiger partial charge in [0.15, 0.2) is 0 Å². The van der Waals surface area contributed by atoms with E-state index in [2.05, 4.69) is 36.7 Å². The van der Waals surface area contributed by atoms with E-state index in [0.717, 1.165) is 18.7 Å². The first kappa shape index (κ1) is 13.8. The van der Waals surface area contributed by atoms with Crippen LogP contribution in [0.3, 0.4) is 0 Å². The van der Waals surface area contributed by atoms with Gasteiger partial charge < -0.3 is 9.88 Å². The number of rotatable bonds is 5. The molecule has 0 aliphatic heterocycles. The third-order valence-corrected chi connectivity index (χ3v) is 3.53. The lowest BCUT2D eigenvalue weighted by atomic mass is 10.2. The maximum Gasteiger partial charge on any atom is 0.123 e. The Bertz CT molecular complexity index is 558. The zero-order chi connectivity index (χ0) is 13.8. The molecular weight excluding hydrogens is 239 g/mol. The van der Waals surface area contributed by atoms with E-state index in [9.17, 15) is 4.39 Å². The number of benzene rings is 1. The molecule has 0 unspecified atom stereocenters. The molecule has 0 aliphatic rings. The van der Waals surface area contributed by atoms with Crippen LogP contribution in [0.1, 0.15) is 29.4 Å². The van der Waals surface area contributed by atoms with E-state index in [1.165, 1.54) is 23.0 Å². The highest BCUT2D eigenvalue weighted by Gasteiger charge is 2.07. The zero-order valence-electron chi connectivity index (χ0n) is 11.8. The summed E-state index contributed by atoms with van der Waals surface area (Å²) < 4.78 is 15.4. The Morgan fingerprint density at radius 1 is 1.16 bits per heavy atom. The molecule has 0 amide bonds. The fourth-order valence-corrected chi connectivity index (χ4v) is 2.53. The molecule has 2 aromatic rings. The molecule has 0 radical (unpaired) electrons. The predicted octanol–water partition coefficient (Wildman–Crippen LogP) is 3.55. The quantitative estimate of drug-likeness (QED) is 0.870. The summed E-state index contributed by atoms with van der Waals surface area (Å²) in [6.07, 6.45) is 0. The first-order chi connectivity index (χ1) is 9.11. The molecular formula is C16H21FN2. The van der Waals surface area contributed by atoms with E-state index < -0.39 is 0 Å². The molecule has 102 valence electrons. The van der Waals surface area contributed by atoms with E-state index in [1.807, 2.05) is 6.07 Å². The Balaban J connectivity index is 1.96. The van der Waals surface area contributed by atoms with Crippen LogP contribution in [0.5, 0.6) is 0 Å². The van der Waals surface area contributed by atoms with Crippen molar-refractivity contribution in [2.75, 3.05) is 0 Å². The van der Waals surface area contributed by atoms with Crippen molar-refractivity contribution in [2.24, 2.45) is 0 Å². The second-order valence-corrected chi connectivity index (χ2v) is 4.87. The first-order valence-corrected chi connectivity index (χ1v) is 6.72. The molecule has 1 N–H and O–H groups in total. The van der Waals surface area contributed by atoms with Crippen molar-refractivity contribution in [1.29, 1.82) is 0 Å². The second kappa shape index (κ2) is 6.02. The third kappa shape index (κ3) is 3.24. The lowest BCUT2D eigenvalue weighted by Gasteiger charge is -2.07. The number of aromatic nitrogens is 1. The van der Waals surface area contributed by atoms with Gasteiger partial charge in [0.05, 0.1) is 0 Å². The van der Waals surface area contributed by atoms with Gasteiger partial charge >= 0.3 is 0 Å². The van der Waals surface area contributed by atoms with Gasteiger partial charge in [0.2, 0.25) is 0 Å². The molecule has 0 atom stereocenters. The molecule has 2 nitrogen and oxygen atoms in total. The topological polar surface area (TPSA) is 17.0 Å². The maximum atomic E-state index is 13.1. The van der Waals surface area contributed by atoms with Crippen LogP contribution < -0.4 is 5.32 Å². The van der Waals surface area contributed by atoms with Gasteiger partial charge in [-0.05, 0) is 50.1 Å². The van der Waals surface area contributed by atoms with Gasteiger partial charge in [-0.3, -0.25) is 0 Å². The van der Waals surface area contributed by atoms with Crippen molar-refractivity contribution in [1.82, 2.24) is 9.88 Å². The van der Waals surface area contributed by atoms with E-state index in [-0.39, 0.29) is 5.82 Å². The molecule has 0 bridgehead atoms. The van der Waals surface area contributed by atoms with Crippen molar-refractivity contribution < 1.29 is 4.39 Å². The van der Waals surface area contributed by atoms with Crippen LogP contribution in [-0.4, -0.2) is 4.57 Å². The lowest BCUT2D eigenvalue weighted by Crippen LogP contribution is -2.13. The van der Waals surface area contributed by atoms with Crippen molar-refractivity contribution in [3.63, 3.8) is 0 Å². The average Bonchev–Trinajstić information content (AvgIpc) is 2.64. The summed E-state index contributed by atoms with van der Waals surface area (Å²) in [5.41, 5.74) is 4.90. The minimum Gasteiger partial charge on any atom is -0.349 e. The number of aryl methyl sites for hydroxylation is 1. The molecule has 1 heterocycles. The maximum absolute atomic E-state index is 13.1. The zero-order valence-corrected chi connectivity index (χ0v) is 11.8. The van der Waals surface area contributed by atoms with Crippen LogP contribution in [-0.2, 0) is 19.6 Å². The second-order valence-electron chi connectivity index (χ2n) is 4.87. The Hall–Kier alpha value is -1.61. The molecule has 1 aromatic carbocycles. The molecule has 1 aromatic heterocycles. The van der Waals surface area contributed by atoms with Gasteiger partial charge in [-0.25, -0.2) is 4.39 Å². The molecule has 0 spiro atoms. The highest BCUT2D eigenvalue weighted by atomic mass is 19.1. The van der Waals surface area contributed by atoms with E-state index in [4.69, 9.17) is 0 Å². The summed E-state index contributed by atoms with van der Waals surface area (Å²) in [7, 11) is 0. The van der Waals surface area contributed by atoms with Gasteiger partial charge in [0.25, 0.3) is 0 Å². The Kier molecular flexibility index (Phi) is 4.38. The number of hydrogen-bond donors (Lipinski definition) is 1. The van der Waals surface area contributed by atoms with Crippen LogP contribution in [0.15, 0.2) is 30.3 Å². The third-order valence-electron chi connectivity index (χ3n) is 3.53. The van der Waals surface area contributed by atoms with Crippen molar-refractivity contribution in [3.05, 3.63) is 58.7 Å². The van der Waals surface area contributed by atoms with Gasteiger partial charge in [-0.15, -0.1) is 0 Å². The smallest absolute Gasteiger partial charge is 0.123 e. The Labute approximate surface area is 114 Å². The van der Waals surface area contributed by atoms with Crippen LogP contribution in [0, 0.1) is 19.7 Å². The lowest BCUT2D eigenvalue weighted by molar-refractivity contribution is 0.619. The minimum atomic E-state index is -0.177. The van der Waals surface area contributed by atoms with Crippen LogP contribution >= 0.6 is 0 Å². The summed E-state index contributed by atoms with van der Waals surface area (Å²) in [5.74, 6) is -0.177. The van der Waals surface area contributed by atoms with Gasteiger partial charge in [-0.1, -0.05) is 12.1 Å². The fraction of sp³-hybridized carbons (Fsp3) is 0.375. The summed E-state index contributed by atoms with van der Waals surface area (Å²) in [5, 5.41) is 3.37. The van der Waals surface area contributed by atoms with Crippen LogP contribution in [0.4, 0.5) is 4.39 Å². The Morgan fingerprint density at radius 3 is 2.58 bits per heavy atom. The molecule has 0 saturated carbocycles. The van der Waals surface area contributed by atoms with E-state index in [1.54, 1.807) is 12.1 Å². The SMILES string of the molecule is CCn1c(C)cc(CNCc2cccc(F)c2)c1C. The molecule has 2 rings (SSSR count). The molecule has 0 saturated heterocycles. The number of nitrogens with one attached hydrogen (secondary N) is 1. The monoisotopic (exact) mass is 260 g/mol. The van der Waals surface area contributed by atoms with Crippen molar-refractivity contribution in [2.45, 2.75) is 40.4 Å². The normalized spacial score (nSPS) is 10.9. The molecule has 0 fully saturated rings. The fourth-order valence-electron chi connectivity index (χ4n) is 2.53. The number of nitrogens with zero attached hydrogens (tertiary/aromatic N) is 1. The average molecular weight is 260 g/mol. The number of hydrogen-bond acceptors (Lipinski definition) is 1. The van der Waals surface area contributed by atoms with Gasteiger partial charge in [-0.2, -0.15) is 0 Å². The number of halogens is 1. The summed E-state index contributed by atoms with van der Waals surface area (Å²) in [6.45, 7) is 8.94. The van der Waals surface area contributed by atoms with E-state index in [0.29, 0.717) is 6.54 Å². The van der Waals surface area contributed by atoms with Crippen molar-refractivity contribution >= 4 is 0 Å². The summed E-state index contributed by atoms with van der Waals surface area (Å²) >= 11 is 0. The first-order valence-electron chi connectivity index (χ1n) is 6.72. The van der Waals surface area contributed by atoms with Gasteiger partial charge in [0, 0.05) is 31.0 Å². The standard InChI is InChI=1S/C16H21FN2/c1-4-19-12(2)8-15(13(19)3)11-18-10-14-6-5-7-16(17)9-14/h5-9,18H,4,10-11H2,1-3H3. The molecule has 19 heavy (non-hydrogen) atoms. The van der Waals surface area contributed by atoms with Crippen molar-refractivity contribution in [3.8, 4) is 0 Å².